The summed E-state index contributed by atoms with van der Waals surface area (Å²) in [5.74, 6) is 4.63. The predicted molar refractivity (Wildman–Crippen MR) is 74.7 cm³/mol. The third-order valence-corrected chi connectivity index (χ3v) is 6.08. The summed E-state index contributed by atoms with van der Waals surface area (Å²) in [6.07, 6.45) is 8.13. The second-order valence-corrected chi connectivity index (χ2v) is 7.13. The van der Waals surface area contributed by atoms with Crippen molar-refractivity contribution in [2.24, 2.45) is 29.6 Å². The normalized spacial score (nSPS) is 38.1. The first-order chi connectivity index (χ1) is 9.78. The van der Waals surface area contributed by atoms with Gasteiger partial charge < -0.3 is 0 Å². The van der Waals surface area contributed by atoms with Gasteiger partial charge in [-0.15, -0.1) is 5.10 Å². The molecule has 4 saturated carbocycles. The Morgan fingerprint density at radius 2 is 1.80 bits per heavy atom. The van der Waals surface area contributed by atoms with Crippen LogP contribution in [0.15, 0.2) is 0 Å². The topological polar surface area (TPSA) is 54.5 Å². The molecule has 1 heterocycles. The number of aromatic nitrogens is 3. The Labute approximate surface area is 120 Å². The van der Waals surface area contributed by atoms with Gasteiger partial charge in [-0.3, -0.25) is 0 Å². The van der Waals surface area contributed by atoms with E-state index in [2.05, 4.69) is 23.3 Å². The fourth-order valence-corrected chi connectivity index (χ4v) is 5.45. The first-order valence-corrected chi connectivity index (χ1v) is 8.11. The van der Waals surface area contributed by atoms with E-state index in [1.807, 2.05) is 4.68 Å². The van der Waals surface area contributed by atoms with Crippen LogP contribution in [-0.4, -0.2) is 15.0 Å². The molecule has 1 aromatic heterocycles. The lowest BCUT2D eigenvalue weighted by Gasteiger charge is -2.54. The molecule has 0 spiro atoms. The highest BCUT2D eigenvalue weighted by atomic mass is 15.4. The SMILES string of the molecule is CCc1c(C#N)nnn1CC1C2CC3CC(C2)CC1C3. The second-order valence-electron chi connectivity index (χ2n) is 7.13. The summed E-state index contributed by atoms with van der Waals surface area (Å²) >= 11 is 0. The Balaban J connectivity index is 1.58. The molecular formula is C16H22N4. The van der Waals surface area contributed by atoms with Crippen LogP contribution in [0.1, 0.15) is 50.4 Å². The van der Waals surface area contributed by atoms with Crippen molar-refractivity contribution >= 4 is 0 Å². The molecule has 20 heavy (non-hydrogen) atoms. The van der Waals surface area contributed by atoms with Crippen LogP contribution >= 0.6 is 0 Å². The Morgan fingerprint density at radius 1 is 1.15 bits per heavy atom. The molecule has 106 valence electrons. The average Bonchev–Trinajstić information content (AvgIpc) is 2.83. The summed E-state index contributed by atoms with van der Waals surface area (Å²) in [6.45, 7) is 3.08. The Bertz CT molecular complexity index is 525. The average molecular weight is 270 g/mol. The molecule has 5 rings (SSSR count). The molecule has 4 heteroatoms. The second kappa shape index (κ2) is 4.58. The van der Waals surface area contributed by atoms with E-state index >= 15 is 0 Å². The smallest absolute Gasteiger partial charge is 0.185 e. The molecule has 0 aliphatic heterocycles. The molecule has 0 radical (unpaired) electrons. The first kappa shape index (κ1) is 12.4. The van der Waals surface area contributed by atoms with Crippen LogP contribution in [0.2, 0.25) is 0 Å². The van der Waals surface area contributed by atoms with Gasteiger partial charge in [0.25, 0.3) is 0 Å². The Hall–Kier alpha value is -1.37. The number of hydrogen-bond acceptors (Lipinski definition) is 3. The lowest BCUT2D eigenvalue weighted by atomic mass is 9.52. The molecule has 4 aliphatic carbocycles. The van der Waals surface area contributed by atoms with Gasteiger partial charge in [-0.2, -0.15) is 5.26 Å². The predicted octanol–water partition coefficient (Wildman–Crippen LogP) is 2.78. The Kier molecular flexibility index (Phi) is 2.83. The first-order valence-electron chi connectivity index (χ1n) is 8.11. The number of nitriles is 1. The number of hydrogen-bond donors (Lipinski definition) is 0. The van der Waals surface area contributed by atoms with Gasteiger partial charge in [0.1, 0.15) is 6.07 Å². The van der Waals surface area contributed by atoms with E-state index in [9.17, 15) is 0 Å². The minimum absolute atomic E-state index is 0.524. The van der Waals surface area contributed by atoms with Crippen molar-refractivity contribution < 1.29 is 0 Å². The van der Waals surface area contributed by atoms with Gasteiger partial charge in [-0.1, -0.05) is 12.1 Å². The largest absolute Gasteiger partial charge is 0.248 e. The highest BCUT2D eigenvalue weighted by molar-refractivity contribution is 5.24. The van der Waals surface area contributed by atoms with Gasteiger partial charge in [0.15, 0.2) is 5.69 Å². The molecule has 1 aromatic rings. The van der Waals surface area contributed by atoms with Crippen molar-refractivity contribution in [3.05, 3.63) is 11.4 Å². The van der Waals surface area contributed by atoms with Gasteiger partial charge in [-0.05, 0) is 68.1 Å². The van der Waals surface area contributed by atoms with Crippen molar-refractivity contribution in [1.29, 1.82) is 5.26 Å². The molecule has 0 N–H and O–H groups in total. The van der Waals surface area contributed by atoms with Crippen molar-refractivity contribution in [2.75, 3.05) is 0 Å². The zero-order chi connectivity index (χ0) is 13.7. The molecule has 4 aliphatic rings. The number of nitrogens with zero attached hydrogens (tertiary/aromatic N) is 4. The molecule has 0 amide bonds. The van der Waals surface area contributed by atoms with Crippen LogP contribution in [0.4, 0.5) is 0 Å². The third kappa shape index (κ3) is 1.79. The summed E-state index contributed by atoms with van der Waals surface area (Å²) in [6, 6.07) is 2.17. The monoisotopic (exact) mass is 270 g/mol. The minimum Gasteiger partial charge on any atom is -0.248 e. The maximum Gasteiger partial charge on any atom is 0.185 e. The summed E-state index contributed by atoms with van der Waals surface area (Å²) < 4.78 is 2.03. The summed E-state index contributed by atoms with van der Waals surface area (Å²) in [7, 11) is 0. The maximum absolute atomic E-state index is 9.10. The van der Waals surface area contributed by atoms with E-state index in [-0.39, 0.29) is 0 Å². The van der Waals surface area contributed by atoms with Crippen molar-refractivity contribution in [2.45, 2.75) is 52.0 Å². The zero-order valence-corrected chi connectivity index (χ0v) is 12.1. The minimum atomic E-state index is 0.524. The van der Waals surface area contributed by atoms with Crippen molar-refractivity contribution in [1.82, 2.24) is 15.0 Å². The zero-order valence-electron chi connectivity index (χ0n) is 12.1. The van der Waals surface area contributed by atoms with Crippen molar-refractivity contribution in [3.8, 4) is 6.07 Å². The lowest BCUT2D eigenvalue weighted by molar-refractivity contribution is -0.0446. The van der Waals surface area contributed by atoms with Gasteiger partial charge in [0, 0.05) is 6.54 Å². The maximum atomic E-state index is 9.10. The van der Waals surface area contributed by atoms with E-state index in [0.717, 1.165) is 48.2 Å². The van der Waals surface area contributed by atoms with Crippen LogP contribution in [0.25, 0.3) is 0 Å². The molecule has 4 nitrogen and oxygen atoms in total. The molecular weight excluding hydrogens is 248 g/mol. The Morgan fingerprint density at radius 3 is 2.35 bits per heavy atom. The fourth-order valence-electron chi connectivity index (χ4n) is 5.45. The summed E-state index contributed by atoms with van der Waals surface area (Å²) in [5, 5.41) is 17.4. The van der Waals surface area contributed by atoms with Crippen LogP contribution in [-0.2, 0) is 13.0 Å². The molecule has 0 unspecified atom stereocenters. The van der Waals surface area contributed by atoms with Crippen LogP contribution < -0.4 is 0 Å². The lowest BCUT2D eigenvalue weighted by Crippen LogP contribution is -2.46. The van der Waals surface area contributed by atoms with Gasteiger partial charge >= 0.3 is 0 Å². The van der Waals surface area contributed by atoms with E-state index in [1.54, 1.807) is 0 Å². The van der Waals surface area contributed by atoms with Gasteiger partial charge in [-0.25, -0.2) is 4.68 Å². The molecule has 0 atom stereocenters. The highest BCUT2D eigenvalue weighted by Gasteiger charge is 2.48. The summed E-state index contributed by atoms with van der Waals surface area (Å²) in [5.41, 5.74) is 1.55. The fraction of sp³-hybridized carbons (Fsp3) is 0.812. The van der Waals surface area contributed by atoms with E-state index in [4.69, 9.17) is 5.26 Å². The van der Waals surface area contributed by atoms with Crippen LogP contribution in [0.5, 0.6) is 0 Å². The van der Waals surface area contributed by atoms with Crippen LogP contribution in [0.3, 0.4) is 0 Å². The van der Waals surface area contributed by atoms with Gasteiger partial charge in [0.05, 0.1) is 5.69 Å². The molecule has 4 fully saturated rings. The van der Waals surface area contributed by atoms with Gasteiger partial charge in [0.2, 0.25) is 0 Å². The van der Waals surface area contributed by atoms with E-state index in [0.29, 0.717) is 5.69 Å². The molecule has 4 bridgehead atoms. The highest BCUT2D eigenvalue weighted by Crippen LogP contribution is 2.56. The van der Waals surface area contributed by atoms with Crippen molar-refractivity contribution in [3.63, 3.8) is 0 Å². The van der Waals surface area contributed by atoms with E-state index in [1.165, 1.54) is 32.1 Å². The third-order valence-electron chi connectivity index (χ3n) is 6.08. The van der Waals surface area contributed by atoms with Crippen LogP contribution in [0, 0.1) is 40.9 Å². The standard InChI is InChI=1S/C16H22N4/c1-2-16-15(8-17)18-19-20(16)9-14-12-4-10-3-11(6-12)7-13(14)5-10/h10-14H,2-7,9H2,1H3. The molecule has 0 saturated heterocycles. The number of rotatable bonds is 3. The summed E-state index contributed by atoms with van der Waals surface area (Å²) in [4.78, 5) is 0. The van der Waals surface area contributed by atoms with E-state index < -0.39 is 0 Å². The molecule has 0 aromatic carbocycles. The quantitative estimate of drug-likeness (QED) is 0.848.